The van der Waals surface area contributed by atoms with Gasteiger partial charge < -0.3 is 30.4 Å². The third-order valence-corrected chi connectivity index (χ3v) is 6.24. The number of carbonyl (C=O) groups is 3. The number of nitrogens with two attached hydrogens (primary N) is 1. The zero-order valence-corrected chi connectivity index (χ0v) is 21.7. The number of ether oxygens (including phenoxy) is 2. The summed E-state index contributed by atoms with van der Waals surface area (Å²) in [6.45, 7) is 4.72. The van der Waals surface area contributed by atoms with Gasteiger partial charge in [0.15, 0.2) is 5.82 Å². The van der Waals surface area contributed by atoms with Crippen LogP contribution in [0, 0.1) is 0 Å². The lowest BCUT2D eigenvalue weighted by Crippen LogP contribution is -2.56. The first-order chi connectivity index (χ1) is 18.1. The van der Waals surface area contributed by atoms with E-state index in [1.807, 2.05) is 59.2 Å². The standard InChI is InChI=1S/C28H33N5O5.CH4/c1-18(34)38-23-13-20-11-7-8-12-21(20)25(23)33-14-24(30-17-33)32-26(35)22(31-27(36)28(2,3)29)16-37-15-19-9-5-4-6-10-19;/h4-12,14,17,22-23,25H,13,15-16,29H2,1-3H3,(H,31,36)(H,32,35);1H4/t22-,23-,25+;/m1./s1. The Hall–Kier alpha value is -4.02. The second-order valence-electron chi connectivity index (χ2n) is 9.94. The molecule has 1 aliphatic carbocycles. The molecular formula is C29H37N5O5. The second kappa shape index (κ2) is 12.7. The summed E-state index contributed by atoms with van der Waals surface area (Å²) in [5.41, 5.74) is 7.80. The number of hydrogen-bond acceptors (Lipinski definition) is 7. The second-order valence-corrected chi connectivity index (χ2v) is 9.94. The van der Waals surface area contributed by atoms with Gasteiger partial charge in [-0.3, -0.25) is 14.4 Å². The van der Waals surface area contributed by atoms with Crippen molar-refractivity contribution in [2.45, 2.75) is 65.0 Å². The Balaban J connectivity index is 0.00000420. The van der Waals surface area contributed by atoms with Gasteiger partial charge >= 0.3 is 5.97 Å². The number of carbonyl (C=O) groups excluding carboxylic acids is 3. The molecule has 1 aromatic heterocycles. The van der Waals surface area contributed by atoms with Gasteiger partial charge in [0.05, 0.1) is 31.1 Å². The van der Waals surface area contributed by atoms with E-state index in [1.165, 1.54) is 6.92 Å². The van der Waals surface area contributed by atoms with Gasteiger partial charge in [-0.15, -0.1) is 0 Å². The molecule has 2 aromatic carbocycles. The van der Waals surface area contributed by atoms with E-state index in [-0.39, 0.29) is 38.5 Å². The largest absolute Gasteiger partial charge is 0.460 e. The third-order valence-electron chi connectivity index (χ3n) is 6.24. The number of esters is 1. The van der Waals surface area contributed by atoms with Crippen molar-refractivity contribution in [3.8, 4) is 0 Å². The number of anilines is 1. The van der Waals surface area contributed by atoms with Gasteiger partial charge in [0.2, 0.25) is 5.91 Å². The number of amides is 2. The molecule has 0 fully saturated rings. The van der Waals surface area contributed by atoms with Crippen molar-refractivity contribution in [3.05, 3.63) is 83.8 Å². The third kappa shape index (κ3) is 7.52. The number of hydrogen-bond donors (Lipinski definition) is 3. The normalized spacial score (nSPS) is 16.9. The highest BCUT2D eigenvalue weighted by Gasteiger charge is 2.36. The van der Waals surface area contributed by atoms with Crippen LogP contribution >= 0.6 is 0 Å². The van der Waals surface area contributed by atoms with Crippen LogP contribution in [0.1, 0.15) is 50.9 Å². The van der Waals surface area contributed by atoms with Crippen LogP contribution in [-0.4, -0.2) is 51.6 Å². The van der Waals surface area contributed by atoms with Crippen LogP contribution in [0.4, 0.5) is 5.82 Å². The minimum Gasteiger partial charge on any atom is -0.460 e. The fraction of sp³-hybridized carbons (Fsp3) is 0.379. The number of fused-ring (bicyclic) bond motifs is 1. The summed E-state index contributed by atoms with van der Waals surface area (Å²) in [6, 6.07) is 16.1. The Kier molecular flexibility index (Phi) is 9.61. The Morgan fingerprint density at radius 2 is 1.82 bits per heavy atom. The van der Waals surface area contributed by atoms with Crippen LogP contribution in [0.3, 0.4) is 0 Å². The van der Waals surface area contributed by atoms with Crippen LogP contribution in [0.2, 0.25) is 0 Å². The van der Waals surface area contributed by atoms with Crippen molar-refractivity contribution >= 4 is 23.6 Å². The molecule has 2 amide bonds. The molecule has 4 N–H and O–H groups in total. The van der Waals surface area contributed by atoms with Gasteiger partial charge in [0.1, 0.15) is 12.1 Å². The maximum absolute atomic E-state index is 13.2. The van der Waals surface area contributed by atoms with Gasteiger partial charge in [-0.2, -0.15) is 0 Å². The van der Waals surface area contributed by atoms with Crippen molar-refractivity contribution in [1.82, 2.24) is 14.9 Å². The quantitative estimate of drug-likeness (QED) is 0.339. The first-order valence-electron chi connectivity index (χ1n) is 12.4. The van der Waals surface area contributed by atoms with E-state index in [0.717, 1.165) is 16.7 Å². The monoisotopic (exact) mass is 535 g/mol. The highest BCUT2D eigenvalue weighted by Crippen LogP contribution is 2.36. The van der Waals surface area contributed by atoms with E-state index < -0.39 is 29.5 Å². The van der Waals surface area contributed by atoms with Crippen molar-refractivity contribution in [1.29, 1.82) is 0 Å². The Morgan fingerprint density at radius 1 is 1.13 bits per heavy atom. The average Bonchev–Trinajstić information content (AvgIpc) is 3.46. The van der Waals surface area contributed by atoms with E-state index in [2.05, 4.69) is 15.6 Å². The molecule has 0 unspecified atom stereocenters. The molecule has 3 atom stereocenters. The van der Waals surface area contributed by atoms with E-state index in [4.69, 9.17) is 15.2 Å². The summed E-state index contributed by atoms with van der Waals surface area (Å²) >= 11 is 0. The van der Waals surface area contributed by atoms with Gasteiger partial charge in [-0.25, -0.2) is 4.98 Å². The minimum absolute atomic E-state index is 0. The highest BCUT2D eigenvalue weighted by molar-refractivity contribution is 5.98. The minimum atomic E-state index is -1.18. The summed E-state index contributed by atoms with van der Waals surface area (Å²) in [5, 5.41) is 5.43. The zero-order chi connectivity index (χ0) is 27.3. The molecule has 0 bridgehead atoms. The van der Waals surface area contributed by atoms with Crippen molar-refractivity contribution in [2.24, 2.45) is 5.73 Å². The molecule has 10 nitrogen and oxygen atoms in total. The number of rotatable bonds is 10. The molecule has 1 aliphatic rings. The molecule has 208 valence electrons. The van der Waals surface area contributed by atoms with E-state index in [1.54, 1.807) is 26.4 Å². The molecule has 0 radical (unpaired) electrons. The number of aromatic nitrogens is 2. The first kappa shape index (κ1) is 29.5. The Morgan fingerprint density at radius 3 is 2.51 bits per heavy atom. The lowest BCUT2D eigenvalue weighted by Gasteiger charge is -2.23. The van der Waals surface area contributed by atoms with E-state index in [0.29, 0.717) is 6.42 Å². The van der Waals surface area contributed by atoms with Crippen LogP contribution in [-0.2, 0) is 36.9 Å². The molecule has 4 rings (SSSR count). The molecule has 0 saturated carbocycles. The lowest BCUT2D eigenvalue weighted by atomic mass is 10.1. The van der Waals surface area contributed by atoms with Gasteiger partial charge in [0.25, 0.3) is 5.91 Å². The Bertz CT molecular complexity index is 1280. The maximum atomic E-state index is 13.2. The molecule has 10 heteroatoms. The predicted molar refractivity (Wildman–Crippen MR) is 148 cm³/mol. The Labute approximate surface area is 228 Å². The number of benzene rings is 2. The number of nitrogens with zero attached hydrogens (tertiary/aromatic N) is 2. The first-order valence-corrected chi connectivity index (χ1v) is 12.4. The van der Waals surface area contributed by atoms with Crippen LogP contribution in [0.25, 0.3) is 0 Å². The summed E-state index contributed by atoms with van der Waals surface area (Å²) in [4.78, 5) is 41.8. The summed E-state index contributed by atoms with van der Waals surface area (Å²) in [5.74, 6) is -1.06. The predicted octanol–water partition coefficient (Wildman–Crippen LogP) is 2.97. The SMILES string of the molecule is C.CC(=O)O[C@@H]1Cc2ccccc2[C@@H]1n1cnc(NC(=O)[C@@H](COCc2ccccc2)NC(=O)C(C)(C)N)c1. The topological polar surface area (TPSA) is 138 Å². The van der Waals surface area contributed by atoms with Crippen molar-refractivity contribution < 1.29 is 23.9 Å². The molecule has 0 saturated heterocycles. The molecule has 39 heavy (non-hydrogen) atoms. The van der Waals surface area contributed by atoms with Gasteiger partial charge in [0, 0.05) is 19.5 Å². The lowest BCUT2D eigenvalue weighted by molar-refractivity contribution is -0.147. The fourth-order valence-electron chi connectivity index (χ4n) is 4.37. The average molecular weight is 536 g/mol. The summed E-state index contributed by atoms with van der Waals surface area (Å²) in [6.07, 6.45) is 3.45. The van der Waals surface area contributed by atoms with Crippen molar-refractivity contribution in [2.75, 3.05) is 11.9 Å². The highest BCUT2D eigenvalue weighted by atomic mass is 16.5. The van der Waals surface area contributed by atoms with E-state index in [9.17, 15) is 14.4 Å². The molecule has 3 aromatic rings. The van der Waals surface area contributed by atoms with Gasteiger partial charge in [-0.05, 0) is 30.5 Å². The zero-order valence-electron chi connectivity index (χ0n) is 21.7. The number of nitrogens with one attached hydrogen (secondary N) is 2. The smallest absolute Gasteiger partial charge is 0.302 e. The summed E-state index contributed by atoms with van der Waals surface area (Å²) in [7, 11) is 0. The van der Waals surface area contributed by atoms with E-state index >= 15 is 0 Å². The maximum Gasteiger partial charge on any atom is 0.302 e. The van der Waals surface area contributed by atoms with Crippen LogP contribution in [0.15, 0.2) is 67.1 Å². The number of imidazole rings is 1. The van der Waals surface area contributed by atoms with Crippen LogP contribution in [0.5, 0.6) is 0 Å². The fourth-order valence-corrected chi connectivity index (χ4v) is 4.37. The van der Waals surface area contributed by atoms with Crippen LogP contribution < -0.4 is 16.4 Å². The molecule has 0 aliphatic heterocycles. The molecule has 0 spiro atoms. The molecular weight excluding hydrogens is 498 g/mol. The van der Waals surface area contributed by atoms with Gasteiger partial charge in [-0.1, -0.05) is 62.0 Å². The summed E-state index contributed by atoms with van der Waals surface area (Å²) < 4.78 is 13.2. The van der Waals surface area contributed by atoms with Crippen molar-refractivity contribution in [3.63, 3.8) is 0 Å². The molecule has 1 heterocycles.